The monoisotopic (exact) mass is 269 g/mol. The van der Waals surface area contributed by atoms with Crippen LogP contribution in [0.25, 0.3) is 0 Å². The molecule has 0 atom stereocenters. The Labute approximate surface area is 119 Å². The number of hydrogen-bond donors (Lipinski definition) is 1. The van der Waals surface area contributed by atoms with E-state index in [0.29, 0.717) is 0 Å². The van der Waals surface area contributed by atoms with Crippen molar-refractivity contribution in [3.8, 4) is 0 Å². The summed E-state index contributed by atoms with van der Waals surface area (Å²) in [6, 6.07) is 17.6. The number of thioether (sulfide) groups is 1. The molecule has 3 rings (SSSR count). The summed E-state index contributed by atoms with van der Waals surface area (Å²) >= 11 is 1.78. The lowest BCUT2D eigenvalue weighted by molar-refractivity contribution is 1.08. The molecule has 2 aromatic carbocycles. The normalized spacial score (nSPS) is 14.4. The van der Waals surface area contributed by atoms with Crippen molar-refractivity contribution in [2.75, 3.05) is 11.6 Å². The van der Waals surface area contributed by atoms with E-state index in [2.05, 4.69) is 60.1 Å². The van der Waals surface area contributed by atoms with Crippen LogP contribution >= 0.6 is 11.8 Å². The van der Waals surface area contributed by atoms with E-state index in [4.69, 9.17) is 0 Å². The first-order valence-electron chi connectivity index (χ1n) is 6.82. The lowest BCUT2D eigenvalue weighted by Crippen LogP contribution is -1.99. The average Bonchev–Trinajstić information content (AvgIpc) is 3.31. The molecule has 0 aliphatic heterocycles. The first-order chi connectivity index (χ1) is 9.35. The van der Waals surface area contributed by atoms with Gasteiger partial charge in [0.1, 0.15) is 0 Å². The van der Waals surface area contributed by atoms with Crippen LogP contribution < -0.4 is 5.32 Å². The van der Waals surface area contributed by atoms with Crippen molar-refractivity contribution in [2.24, 2.45) is 0 Å². The Bertz CT molecular complexity index is 543. The molecule has 1 saturated carbocycles. The minimum atomic E-state index is 0.834. The van der Waals surface area contributed by atoms with Crippen LogP contribution in [0.15, 0.2) is 53.4 Å². The van der Waals surface area contributed by atoms with Gasteiger partial charge in [0.05, 0.1) is 0 Å². The molecule has 98 valence electrons. The lowest BCUT2D eigenvalue weighted by Gasteiger charge is -2.08. The van der Waals surface area contributed by atoms with Crippen LogP contribution in [0.2, 0.25) is 0 Å². The molecule has 1 aliphatic rings. The number of benzene rings is 2. The molecule has 0 saturated heterocycles. The predicted octanol–water partition coefficient (Wildman–Crippen LogP) is 4.90. The van der Waals surface area contributed by atoms with Gasteiger partial charge in [-0.2, -0.15) is 0 Å². The summed E-state index contributed by atoms with van der Waals surface area (Å²) in [7, 11) is 0. The molecule has 0 spiro atoms. The van der Waals surface area contributed by atoms with Crippen molar-refractivity contribution in [1.29, 1.82) is 0 Å². The molecule has 1 N–H and O–H groups in total. The van der Waals surface area contributed by atoms with E-state index in [1.165, 1.54) is 34.6 Å². The highest BCUT2D eigenvalue weighted by Crippen LogP contribution is 2.40. The Kier molecular flexibility index (Phi) is 3.79. The van der Waals surface area contributed by atoms with E-state index in [1.807, 2.05) is 0 Å². The van der Waals surface area contributed by atoms with Gasteiger partial charge in [0, 0.05) is 17.1 Å². The summed E-state index contributed by atoms with van der Waals surface area (Å²) in [5, 5.41) is 3.49. The predicted molar refractivity (Wildman–Crippen MR) is 84.0 cm³/mol. The fourth-order valence-corrected chi connectivity index (χ4v) is 2.69. The second-order valence-corrected chi connectivity index (χ2v) is 5.98. The van der Waals surface area contributed by atoms with Crippen molar-refractivity contribution < 1.29 is 0 Å². The van der Waals surface area contributed by atoms with Gasteiger partial charge in [-0.1, -0.05) is 24.3 Å². The molecule has 0 unspecified atom stereocenters. The maximum absolute atomic E-state index is 3.49. The third kappa shape index (κ3) is 3.32. The van der Waals surface area contributed by atoms with Crippen LogP contribution in [0, 0.1) is 0 Å². The minimum absolute atomic E-state index is 0.834. The van der Waals surface area contributed by atoms with Gasteiger partial charge in [-0.15, -0.1) is 11.8 Å². The molecule has 0 amide bonds. The van der Waals surface area contributed by atoms with Crippen molar-refractivity contribution in [3.63, 3.8) is 0 Å². The summed E-state index contributed by atoms with van der Waals surface area (Å²) < 4.78 is 0. The van der Waals surface area contributed by atoms with E-state index in [1.54, 1.807) is 11.8 Å². The van der Waals surface area contributed by atoms with Crippen molar-refractivity contribution in [1.82, 2.24) is 0 Å². The second kappa shape index (κ2) is 5.70. The Morgan fingerprint density at radius 2 is 1.89 bits per heavy atom. The van der Waals surface area contributed by atoms with Crippen LogP contribution in [0.1, 0.15) is 29.9 Å². The molecule has 0 heterocycles. The Morgan fingerprint density at radius 1 is 1.11 bits per heavy atom. The maximum Gasteiger partial charge on any atom is 0.0400 e. The molecule has 0 bridgehead atoms. The standard InChI is InChI=1S/C17H19NS/c1-19-17-9-7-16(8-10-17)18-12-13-3-2-4-15(11-13)14-5-6-14/h2-4,7-11,14,18H,5-6,12H2,1H3. The number of nitrogens with one attached hydrogen (secondary N) is 1. The highest BCUT2D eigenvalue weighted by molar-refractivity contribution is 7.98. The van der Waals surface area contributed by atoms with E-state index in [9.17, 15) is 0 Å². The van der Waals surface area contributed by atoms with Gasteiger partial charge in [0.25, 0.3) is 0 Å². The molecule has 1 nitrogen and oxygen atoms in total. The van der Waals surface area contributed by atoms with E-state index < -0.39 is 0 Å². The molecule has 19 heavy (non-hydrogen) atoms. The van der Waals surface area contributed by atoms with Gasteiger partial charge in [0.15, 0.2) is 0 Å². The minimum Gasteiger partial charge on any atom is -0.381 e. The molecule has 0 radical (unpaired) electrons. The van der Waals surface area contributed by atoms with Crippen LogP contribution in [0.3, 0.4) is 0 Å². The SMILES string of the molecule is CSc1ccc(NCc2cccc(C3CC3)c2)cc1. The highest BCUT2D eigenvalue weighted by Gasteiger charge is 2.23. The average molecular weight is 269 g/mol. The largest absolute Gasteiger partial charge is 0.381 e. The Balaban J connectivity index is 1.62. The Morgan fingerprint density at radius 3 is 2.58 bits per heavy atom. The van der Waals surface area contributed by atoms with Crippen LogP contribution in [-0.4, -0.2) is 6.26 Å². The zero-order valence-corrected chi connectivity index (χ0v) is 12.0. The smallest absolute Gasteiger partial charge is 0.0400 e. The summed E-state index contributed by atoms with van der Waals surface area (Å²) in [6.07, 6.45) is 4.84. The van der Waals surface area contributed by atoms with Crippen LogP contribution in [0.4, 0.5) is 5.69 Å². The van der Waals surface area contributed by atoms with E-state index in [-0.39, 0.29) is 0 Å². The first-order valence-corrected chi connectivity index (χ1v) is 8.04. The molecular weight excluding hydrogens is 250 g/mol. The zero-order valence-electron chi connectivity index (χ0n) is 11.2. The third-order valence-electron chi connectivity index (χ3n) is 3.59. The molecule has 1 fully saturated rings. The van der Waals surface area contributed by atoms with E-state index >= 15 is 0 Å². The molecule has 2 heteroatoms. The van der Waals surface area contributed by atoms with E-state index in [0.717, 1.165) is 12.5 Å². The fourth-order valence-electron chi connectivity index (χ4n) is 2.29. The third-order valence-corrected chi connectivity index (χ3v) is 4.33. The van der Waals surface area contributed by atoms with Crippen molar-refractivity contribution in [3.05, 3.63) is 59.7 Å². The molecular formula is C17H19NS. The topological polar surface area (TPSA) is 12.0 Å². The van der Waals surface area contributed by atoms with Crippen molar-refractivity contribution in [2.45, 2.75) is 30.2 Å². The van der Waals surface area contributed by atoms with Crippen LogP contribution in [0.5, 0.6) is 0 Å². The number of hydrogen-bond acceptors (Lipinski definition) is 2. The summed E-state index contributed by atoms with van der Waals surface area (Å²) in [6.45, 7) is 0.902. The summed E-state index contributed by atoms with van der Waals surface area (Å²) in [5.74, 6) is 0.834. The molecule has 1 aliphatic carbocycles. The van der Waals surface area contributed by atoms with Gasteiger partial charge < -0.3 is 5.32 Å². The second-order valence-electron chi connectivity index (χ2n) is 5.10. The summed E-state index contributed by atoms with van der Waals surface area (Å²) in [5.41, 5.74) is 4.07. The van der Waals surface area contributed by atoms with Crippen LogP contribution in [-0.2, 0) is 6.54 Å². The molecule has 0 aromatic heterocycles. The zero-order chi connectivity index (χ0) is 13.1. The quantitative estimate of drug-likeness (QED) is 0.775. The maximum atomic E-state index is 3.49. The van der Waals surface area contributed by atoms with Crippen molar-refractivity contribution >= 4 is 17.4 Å². The number of rotatable bonds is 5. The van der Waals surface area contributed by atoms with Gasteiger partial charge in [0.2, 0.25) is 0 Å². The number of anilines is 1. The van der Waals surface area contributed by atoms with Gasteiger partial charge in [-0.05, 0) is 60.4 Å². The van der Waals surface area contributed by atoms with Gasteiger partial charge in [-0.25, -0.2) is 0 Å². The Hall–Kier alpha value is -1.41. The van der Waals surface area contributed by atoms with Gasteiger partial charge in [-0.3, -0.25) is 0 Å². The lowest BCUT2D eigenvalue weighted by atomic mass is 10.1. The van der Waals surface area contributed by atoms with Gasteiger partial charge >= 0.3 is 0 Å². The summed E-state index contributed by atoms with van der Waals surface area (Å²) in [4.78, 5) is 1.31. The molecule has 2 aromatic rings. The first kappa shape index (κ1) is 12.6. The highest BCUT2D eigenvalue weighted by atomic mass is 32.2. The fraction of sp³-hybridized carbons (Fsp3) is 0.294.